The highest BCUT2D eigenvalue weighted by atomic mass is 16.6. The minimum atomic E-state index is -0.683. The molecule has 0 radical (unpaired) electrons. The van der Waals surface area contributed by atoms with Crippen LogP contribution in [0.2, 0.25) is 0 Å². The Morgan fingerprint density at radius 2 is 1.62 bits per heavy atom. The Morgan fingerprint density at radius 3 is 2.19 bits per heavy atom. The number of nitro benzene ring substituents is 2. The number of nitrogens with one attached hydrogen (secondary N) is 1. The summed E-state index contributed by atoms with van der Waals surface area (Å²) in [5.74, 6) is 0. The van der Waals surface area contributed by atoms with Crippen molar-refractivity contribution < 1.29 is 9.85 Å². The minimum absolute atomic E-state index is 0.0726. The number of anilines is 1. The van der Waals surface area contributed by atoms with Gasteiger partial charge in [-0.2, -0.15) is 5.10 Å². The molecule has 1 aromatic heterocycles. The highest BCUT2D eigenvalue weighted by molar-refractivity contribution is 5.83. The van der Waals surface area contributed by atoms with Crippen LogP contribution in [0.4, 0.5) is 17.1 Å². The summed E-state index contributed by atoms with van der Waals surface area (Å²) < 4.78 is 2.11. The van der Waals surface area contributed by atoms with Crippen LogP contribution in [0.3, 0.4) is 0 Å². The van der Waals surface area contributed by atoms with Gasteiger partial charge in [0.2, 0.25) is 0 Å². The van der Waals surface area contributed by atoms with Gasteiger partial charge >= 0.3 is 5.69 Å². The van der Waals surface area contributed by atoms with Crippen molar-refractivity contribution in [1.82, 2.24) is 4.57 Å². The number of nitro groups is 2. The monoisotopic (exact) mass is 435 g/mol. The van der Waals surface area contributed by atoms with Gasteiger partial charge in [0, 0.05) is 28.7 Å². The standard InChI is InChI=1S/C23H25N5O4/c1-15-12-17(16(2)26(15)19-8-6-18(7-9-19)23(3,4)5)14-24-25-21-11-10-20(27(29)30)13-22(21)28(31)32/h6-14,25H,1-5H3/b24-14-. The first-order chi connectivity index (χ1) is 15.0. The van der Waals surface area contributed by atoms with E-state index in [9.17, 15) is 20.2 Å². The third kappa shape index (κ3) is 4.66. The smallest absolute Gasteiger partial charge is 0.301 e. The van der Waals surface area contributed by atoms with Crippen LogP contribution in [-0.4, -0.2) is 20.6 Å². The van der Waals surface area contributed by atoms with Gasteiger partial charge in [-0.1, -0.05) is 32.9 Å². The van der Waals surface area contributed by atoms with Crippen molar-refractivity contribution in [2.45, 2.75) is 40.0 Å². The molecule has 0 unspecified atom stereocenters. The third-order valence-electron chi connectivity index (χ3n) is 5.24. The Hall–Kier alpha value is -4.01. The number of aromatic nitrogens is 1. The number of non-ortho nitro benzene ring substituents is 1. The summed E-state index contributed by atoms with van der Waals surface area (Å²) in [5, 5.41) is 26.3. The number of hydrazone groups is 1. The fraction of sp³-hybridized carbons (Fsp3) is 0.261. The Kier molecular flexibility index (Phi) is 6.11. The molecule has 0 atom stereocenters. The van der Waals surface area contributed by atoms with E-state index in [1.165, 1.54) is 17.7 Å². The largest absolute Gasteiger partial charge is 0.318 e. The zero-order chi connectivity index (χ0) is 23.6. The van der Waals surface area contributed by atoms with Gasteiger partial charge in [-0.25, -0.2) is 0 Å². The highest BCUT2D eigenvalue weighted by Crippen LogP contribution is 2.29. The van der Waals surface area contributed by atoms with Crippen molar-refractivity contribution >= 4 is 23.3 Å². The van der Waals surface area contributed by atoms with Crippen molar-refractivity contribution in [3.8, 4) is 5.69 Å². The molecule has 0 amide bonds. The molecule has 0 aliphatic carbocycles. The van der Waals surface area contributed by atoms with E-state index in [0.29, 0.717) is 0 Å². The molecular formula is C23H25N5O4. The molecule has 32 heavy (non-hydrogen) atoms. The predicted molar refractivity (Wildman–Crippen MR) is 125 cm³/mol. The number of benzene rings is 2. The minimum Gasteiger partial charge on any atom is -0.318 e. The third-order valence-corrected chi connectivity index (χ3v) is 5.24. The van der Waals surface area contributed by atoms with Gasteiger partial charge in [0.05, 0.1) is 22.1 Å². The van der Waals surface area contributed by atoms with E-state index in [0.717, 1.165) is 28.7 Å². The molecule has 0 fully saturated rings. The molecule has 1 heterocycles. The van der Waals surface area contributed by atoms with E-state index in [4.69, 9.17) is 0 Å². The van der Waals surface area contributed by atoms with Crippen molar-refractivity contribution in [3.63, 3.8) is 0 Å². The average molecular weight is 435 g/mol. The maximum absolute atomic E-state index is 11.3. The fourth-order valence-corrected chi connectivity index (χ4v) is 3.48. The number of nitrogens with zero attached hydrogens (tertiary/aromatic N) is 4. The molecule has 0 spiro atoms. The topological polar surface area (TPSA) is 116 Å². The summed E-state index contributed by atoms with van der Waals surface area (Å²) in [5.41, 5.74) is 7.12. The summed E-state index contributed by atoms with van der Waals surface area (Å²) in [6, 6.07) is 13.8. The van der Waals surface area contributed by atoms with E-state index in [-0.39, 0.29) is 16.8 Å². The van der Waals surface area contributed by atoms with E-state index in [2.05, 4.69) is 60.1 Å². The summed E-state index contributed by atoms with van der Waals surface area (Å²) in [4.78, 5) is 20.8. The number of aryl methyl sites for hydroxylation is 1. The van der Waals surface area contributed by atoms with Crippen LogP contribution in [0.15, 0.2) is 53.6 Å². The van der Waals surface area contributed by atoms with Crippen LogP contribution in [0.5, 0.6) is 0 Å². The maximum atomic E-state index is 11.3. The van der Waals surface area contributed by atoms with Gasteiger partial charge in [0.1, 0.15) is 5.69 Å². The van der Waals surface area contributed by atoms with Crippen molar-refractivity contribution in [3.05, 3.63) is 91.3 Å². The lowest BCUT2D eigenvalue weighted by Gasteiger charge is -2.20. The SMILES string of the molecule is Cc1cc(/C=N\Nc2ccc([N+](=O)[O-])cc2[N+](=O)[O-])c(C)n1-c1ccc(C(C)(C)C)cc1. The molecular weight excluding hydrogens is 410 g/mol. The normalized spacial score (nSPS) is 11.7. The lowest BCUT2D eigenvalue weighted by Crippen LogP contribution is -2.11. The molecule has 0 aliphatic heterocycles. The second-order valence-electron chi connectivity index (χ2n) is 8.54. The van der Waals surface area contributed by atoms with Crippen molar-refractivity contribution in [2.75, 3.05) is 5.43 Å². The zero-order valence-corrected chi connectivity index (χ0v) is 18.6. The van der Waals surface area contributed by atoms with E-state index < -0.39 is 15.5 Å². The van der Waals surface area contributed by atoms with E-state index >= 15 is 0 Å². The van der Waals surface area contributed by atoms with Gasteiger partial charge in [-0.15, -0.1) is 0 Å². The van der Waals surface area contributed by atoms with E-state index in [1.54, 1.807) is 6.21 Å². The molecule has 9 heteroatoms. The first-order valence-electron chi connectivity index (χ1n) is 10.0. The van der Waals surface area contributed by atoms with Gasteiger partial charge in [0.25, 0.3) is 5.69 Å². The predicted octanol–water partition coefficient (Wildman–Crippen LogP) is 5.65. The fourth-order valence-electron chi connectivity index (χ4n) is 3.48. The van der Waals surface area contributed by atoms with Crippen LogP contribution in [0.1, 0.15) is 43.3 Å². The Balaban J connectivity index is 1.86. The molecule has 0 saturated carbocycles. The molecule has 0 aliphatic rings. The van der Waals surface area contributed by atoms with Crippen LogP contribution in [-0.2, 0) is 5.41 Å². The number of hydrogen-bond acceptors (Lipinski definition) is 6. The first-order valence-corrected chi connectivity index (χ1v) is 10.0. The van der Waals surface area contributed by atoms with Crippen LogP contribution in [0.25, 0.3) is 5.69 Å². The molecule has 0 saturated heterocycles. The summed E-state index contributed by atoms with van der Waals surface area (Å²) in [6.45, 7) is 10.5. The molecule has 2 aromatic carbocycles. The first kappa shape index (κ1) is 22.7. The zero-order valence-electron chi connectivity index (χ0n) is 18.6. The van der Waals surface area contributed by atoms with Gasteiger partial charge in [-0.05, 0) is 49.1 Å². The lowest BCUT2D eigenvalue weighted by atomic mass is 9.87. The Bertz CT molecular complexity index is 1200. The summed E-state index contributed by atoms with van der Waals surface area (Å²) >= 11 is 0. The number of hydrogen-bond donors (Lipinski definition) is 1. The summed E-state index contributed by atoms with van der Waals surface area (Å²) in [7, 11) is 0. The lowest BCUT2D eigenvalue weighted by molar-refractivity contribution is -0.393. The molecule has 0 bridgehead atoms. The highest BCUT2D eigenvalue weighted by Gasteiger charge is 2.19. The van der Waals surface area contributed by atoms with Crippen molar-refractivity contribution in [1.29, 1.82) is 0 Å². The molecule has 166 valence electrons. The van der Waals surface area contributed by atoms with Gasteiger partial charge < -0.3 is 4.57 Å². The average Bonchev–Trinajstić information content (AvgIpc) is 3.00. The quantitative estimate of drug-likeness (QED) is 0.305. The van der Waals surface area contributed by atoms with Crippen LogP contribution >= 0.6 is 0 Å². The Labute approximate surface area is 185 Å². The molecule has 3 aromatic rings. The number of rotatable bonds is 6. The van der Waals surface area contributed by atoms with E-state index in [1.807, 2.05) is 19.9 Å². The molecule has 3 rings (SSSR count). The Morgan fingerprint density at radius 1 is 0.969 bits per heavy atom. The van der Waals surface area contributed by atoms with Crippen molar-refractivity contribution in [2.24, 2.45) is 5.10 Å². The van der Waals surface area contributed by atoms with Gasteiger partial charge in [-0.3, -0.25) is 25.7 Å². The second-order valence-corrected chi connectivity index (χ2v) is 8.54. The molecule has 9 nitrogen and oxygen atoms in total. The summed E-state index contributed by atoms with van der Waals surface area (Å²) in [6.07, 6.45) is 1.58. The van der Waals surface area contributed by atoms with Gasteiger partial charge in [0.15, 0.2) is 0 Å². The maximum Gasteiger partial charge on any atom is 0.301 e. The van der Waals surface area contributed by atoms with Crippen LogP contribution < -0.4 is 5.43 Å². The molecule has 1 N–H and O–H groups in total. The van der Waals surface area contributed by atoms with Crippen LogP contribution in [0, 0.1) is 34.1 Å². The second kappa shape index (κ2) is 8.62.